The Morgan fingerprint density at radius 2 is 0.860 bits per heavy atom. The molecule has 0 aliphatic rings. The molecule has 7 aromatic carbocycles. The minimum Gasteiger partial charge on any atom is -0.310 e. The molecule has 0 bridgehead atoms. The van der Waals surface area contributed by atoms with Gasteiger partial charge in [0.15, 0.2) is 0 Å². The van der Waals surface area contributed by atoms with E-state index in [1.807, 2.05) is 22.7 Å². The van der Waals surface area contributed by atoms with Gasteiger partial charge in [-0.2, -0.15) is 0 Å². The molecule has 0 atom stereocenters. The number of anilines is 3. The van der Waals surface area contributed by atoms with Crippen molar-refractivity contribution in [2.24, 2.45) is 0 Å². The first kappa shape index (κ1) is 24.6. The van der Waals surface area contributed by atoms with Crippen molar-refractivity contribution < 1.29 is 0 Å². The minimum absolute atomic E-state index is 1.15. The summed E-state index contributed by atoms with van der Waals surface area (Å²) >= 11 is 3.76. The zero-order valence-corrected chi connectivity index (χ0v) is 24.8. The van der Waals surface area contributed by atoms with Crippen LogP contribution >= 0.6 is 22.7 Å². The molecule has 3 heteroatoms. The quantitative estimate of drug-likeness (QED) is 0.199. The average molecular weight is 584 g/mol. The van der Waals surface area contributed by atoms with E-state index in [0.29, 0.717) is 0 Å². The molecular weight excluding hydrogens is 559 g/mol. The van der Waals surface area contributed by atoms with E-state index in [4.69, 9.17) is 0 Å². The van der Waals surface area contributed by atoms with E-state index >= 15 is 0 Å². The summed E-state index contributed by atoms with van der Waals surface area (Å²) < 4.78 is 5.31. The van der Waals surface area contributed by atoms with E-state index in [1.165, 1.54) is 62.2 Å². The third kappa shape index (κ3) is 4.12. The monoisotopic (exact) mass is 583 g/mol. The van der Waals surface area contributed by atoms with Gasteiger partial charge in [0.25, 0.3) is 0 Å². The largest absolute Gasteiger partial charge is 0.310 e. The molecule has 0 spiro atoms. The van der Waals surface area contributed by atoms with Gasteiger partial charge in [-0.15, -0.1) is 22.7 Å². The molecule has 0 aliphatic heterocycles. The summed E-state index contributed by atoms with van der Waals surface area (Å²) in [5.74, 6) is 0. The van der Waals surface area contributed by atoms with E-state index in [1.54, 1.807) is 0 Å². The molecule has 202 valence electrons. The Balaban J connectivity index is 1.16. The molecule has 0 saturated carbocycles. The number of hydrogen-bond acceptors (Lipinski definition) is 3. The van der Waals surface area contributed by atoms with Gasteiger partial charge in [-0.1, -0.05) is 78.9 Å². The van der Waals surface area contributed by atoms with Crippen molar-refractivity contribution in [3.8, 4) is 11.1 Å². The van der Waals surface area contributed by atoms with E-state index in [2.05, 4.69) is 157 Å². The lowest BCUT2D eigenvalue weighted by Gasteiger charge is -2.25. The maximum atomic E-state index is 2.38. The summed E-state index contributed by atoms with van der Waals surface area (Å²) in [5.41, 5.74) is 5.99. The van der Waals surface area contributed by atoms with Crippen LogP contribution in [0.5, 0.6) is 0 Å². The molecule has 0 amide bonds. The van der Waals surface area contributed by atoms with Crippen LogP contribution in [0.15, 0.2) is 152 Å². The van der Waals surface area contributed by atoms with Gasteiger partial charge in [0, 0.05) is 57.4 Å². The van der Waals surface area contributed by atoms with Crippen molar-refractivity contribution in [1.82, 2.24) is 0 Å². The fraction of sp³-hybridized carbons (Fsp3) is 0. The molecular formula is C40H25NS2. The molecule has 2 aromatic heterocycles. The molecule has 1 nitrogen and oxygen atoms in total. The van der Waals surface area contributed by atoms with Crippen molar-refractivity contribution in [3.05, 3.63) is 152 Å². The normalized spacial score (nSPS) is 11.7. The fourth-order valence-corrected chi connectivity index (χ4v) is 8.57. The molecule has 43 heavy (non-hydrogen) atoms. The Hall–Kier alpha value is -4.96. The third-order valence-corrected chi connectivity index (χ3v) is 10.7. The Morgan fingerprint density at radius 3 is 1.58 bits per heavy atom. The van der Waals surface area contributed by atoms with Gasteiger partial charge in [-0.05, 0) is 94.7 Å². The van der Waals surface area contributed by atoms with Crippen molar-refractivity contribution >= 4 is 90.9 Å². The summed E-state index contributed by atoms with van der Waals surface area (Å²) in [6, 6.07) is 55.4. The van der Waals surface area contributed by atoms with Gasteiger partial charge in [-0.3, -0.25) is 0 Å². The summed E-state index contributed by atoms with van der Waals surface area (Å²) in [4.78, 5) is 2.33. The van der Waals surface area contributed by atoms with E-state index in [9.17, 15) is 0 Å². The van der Waals surface area contributed by atoms with Crippen LogP contribution in [0.1, 0.15) is 0 Å². The van der Waals surface area contributed by atoms with E-state index in [-0.39, 0.29) is 0 Å². The number of hydrogen-bond donors (Lipinski definition) is 0. The second kappa shape index (κ2) is 9.81. The Bertz CT molecular complexity index is 2410. The second-order valence-electron chi connectivity index (χ2n) is 11.0. The number of thiophene rings is 2. The first-order valence-corrected chi connectivity index (χ1v) is 16.1. The lowest BCUT2D eigenvalue weighted by molar-refractivity contribution is 1.29. The fourth-order valence-electron chi connectivity index (χ4n) is 6.33. The molecule has 0 N–H and O–H groups in total. The lowest BCUT2D eigenvalue weighted by Crippen LogP contribution is -2.09. The third-order valence-electron chi connectivity index (χ3n) is 8.41. The van der Waals surface area contributed by atoms with Crippen LogP contribution in [-0.2, 0) is 0 Å². The highest BCUT2D eigenvalue weighted by atomic mass is 32.1. The van der Waals surface area contributed by atoms with Gasteiger partial charge in [0.1, 0.15) is 0 Å². The predicted molar refractivity (Wildman–Crippen MR) is 190 cm³/mol. The maximum Gasteiger partial charge on any atom is 0.0468 e. The van der Waals surface area contributed by atoms with Crippen LogP contribution in [0.2, 0.25) is 0 Å². The molecule has 9 aromatic rings. The molecule has 0 unspecified atom stereocenters. The summed E-state index contributed by atoms with van der Waals surface area (Å²) in [5, 5.41) is 7.89. The zero-order valence-electron chi connectivity index (χ0n) is 23.2. The molecule has 0 radical (unpaired) electrons. The summed E-state index contributed by atoms with van der Waals surface area (Å²) in [6.45, 7) is 0. The Labute approximate surface area is 257 Å². The standard InChI is InChI=1S/C40H25NS2/c1-3-11-30(12-4-1)41(31-13-5-2-6-14-31)32-17-20-38-36(25-32)33-18-15-29(24-39(33)42-38)28-16-19-37-34(22-28)35-21-26-9-7-8-10-27(26)23-40(35)43-37/h1-25H. The van der Waals surface area contributed by atoms with Crippen molar-refractivity contribution in [1.29, 1.82) is 0 Å². The van der Waals surface area contributed by atoms with E-state index in [0.717, 1.165) is 17.1 Å². The van der Waals surface area contributed by atoms with Crippen molar-refractivity contribution in [2.75, 3.05) is 4.90 Å². The molecule has 0 fully saturated rings. The van der Waals surface area contributed by atoms with Crippen LogP contribution in [0.25, 0.3) is 62.2 Å². The van der Waals surface area contributed by atoms with Crippen LogP contribution in [-0.4, -0.2) is 0 Å². The average Bonchev–Trinajstić information content (AvgIpc) is 3.61. The van der Waals surface area contributed by atoms with Gasteiger partial charge in [0.05, 0.1) is 0 Å². The highest BCUT2D eigenvalue weighted by Gasteiger charge is 2.15. The highest BCUT2D eigenvalue weighted by molar-refractivity contribution is 7.26. The Kier molecular flexibility index (Phi) is 5.62. The van der Waals surface area contributed by atoms with Crippen molar-refractivity contribution in [2.45, 2.75) is 0 Å². The maximum absolute atomic E-state index is 2.38. The molecule has 9 rings (SSSR count). The first-order valence-electron chi connectivity index (χ1n) is 14.5. The zero-order chi connectivity index (χ0) is 28.3. The lowest BCUT2D eigenvalue weighted by atomic mass is 10.0. The van der Waals surface area contributed by atoms with Crippen LogP contribution in [0.4, 0.5) is 17.1 Å². The SMILES string of the molecule is c1ccc(N(c2ccccc2)c2ccc3sc4cc(-c5ccc6sc7cc8ccccc8cc7c6c5)ccc4c3c2)cc1. The van der Waals surface area contributed by atoms with E-state index < -0.39 is 0 Å². The highest BCUT2D eigenvalue weighted by Crippen LogP contribution is 2.43. The van der Waals surface area contributed by atoms with Gasteiger partial charge in [-0.25, -0.2) is 0 Å². The van der Waals surface area contributed by atoms with Crippen molar-refractivity contribution in [3.63, 3.8) is 0 Å². The topological polar surface area (TPSA) is 3.24 Å². The molecule has 2 heterocycles. The predicted octanol–water partition coefficient (Wildman–Crippen LogP) is 12.7. The smallest absolute Gasteiger partial charge is 0.0468 e. The van der Waals surface area contributed by atoms with Crippen LogP contribution in [0.3, 0.4) is 0 Å². The Morgan fingerprint density at radius 1 is 0.326 bits per heavy atom. The molecule has 0 saturated heterocycles. The van der Waals surface area contributed by atoms with Crippen LogP contribution in [0, 0.1) is 0 Å². The minimum atomic E-state index is 1.15. The molecule has 0 aliphatic carbocycles. The number of rotatable bonds is 4. The van der Waals surface area contributed by atoms with Gasteiger partial charge in [0.2, 0.25) is 0 Å². The van der Waals surface area contributed by atoms with Gasteiger partial charge < -0.3 is 4.90 Å². The first-order chi connectivity index (χ1) is 21.3. The number of benzene rings is 7. The number of nitrogens with zero attached hydrogens (tertiary/aromatic N) is 1. The summed E-state index contributed by atoms with van der Waals surface area (Å²) in [6.07, 6.45) is 0. The second-order valence-corrected chi connectivity index (χ2v) is 13.2. The number of para-hydroxylation sites is 2. The number of fused-ring (bicyclic) bond motifs is 7. The summed E-state index contributed by atoms with van der Waals surface area (Å²) in [7, 11) is 0. The van der Waals surface area contributed by atoms with Crippen LogP contribution < -0.4 is 4.90 Å². The van der Waals surface area contributed by atoms with Gasteiger partial charge >= 0.3 is 0 Å².